The molecule has 0 radical (unpaired) electrons. The molecular weight excluding hydrogens is 284 g/mol. The van der Waals surface area contributed by atoms with E-state index in [0.29, 0.717) is 0 Å². The smallest absolute Gasteiger partial charge is 0.242 e. The standard InChI is InChI=1S/C11H22N4O6/c1-13-11(12)14-2-7(18)15-5(3-16)8(19)10(21)9(20)6(15)4-17/h5-6,8-10,16-17,19-21H,2-4H2,1H3,(H3,12,13,14)/t5-,6-,8-,9+,10-/m1/s1. The van der Waals surface area contributed by atoms with Crippen LogP contribution in [0.5, 0.6) is 0 Å². The van der Waals surface area contributed by atoms with E-state index in [0.717, 1.165) is 4.90 Å². The molecule has 0 bridgehead atoms. The molecule has 1 amide bonds. The van der Waals surface area contributed by atoms with E-state index in [1.54, 1.807) is 0 Å². The number of carbonyl (C=O) groups excluding carboxylic acids is 1. The van der Waals surface area contributed by atoms with Gasteiger partial charge in [-0.2, -0.15) is 0 Å². The molecule has 0 aliphatic carbocycles. The fraction of sp³-hybridized carbons (Fsp3) is 0.818. The number of guanidine groups is 1. The van der Waals surface area contributed by atoms with Gasteiger partial charge in [0.05, 0.1) is 31.8 Å². The SMILES string of the molecule is CNC(=N)NCC(=O)N1[C@H](CO)[C@H](O)[C@H](O)[C@H](O)[C@H]1CO. The Kier molecular flexibility index (Phi) is 6.30. The van der Waals surface area contributed by atoms with Crippen molar-refractivity contribution in [3.63, 3.8) is 0 Å². The molecule has 1 saturated heterocycles. The van der Waals surface area contributed by atoms with Gasteiger partial charge in [-0.15, -0.1) is 0 Å². The lowest BCUT2D eigenvalue weighted by Gasteiger charge is -2.48. The number of carbonyl (C=O) groups is 1. The van der Waals surface area contributed by atoms with E-state index in [-0.39, 0.29) is 12.5 Å². The first-order valence-electron chi connectivity index (χ1n) is 6.46. The predicted octanol–water partition coefficient (Wildman–Crippen LogP) is -4.62. The highest BCUT2D eigenvalue weighted by molar-refractivity contribution is 5.85. The van der Waals surface area contributed by atoms with Crippen molar-refractivity contribution in [2.45, 2.75) is 30.4 Å². The van der Waals surface area contributed by atoms with Gasteiger partial charge in [-0.3, -0.25) is 10.2 Å². The van der Waals surface area contributed by atoms with Gasteiger partial charge in [-0.25, -0.2) is 0 Å². The zero-order valence-corrected chi connectivity index (χ0v) is 11.6. The molecule has 0 saturated carbocycles. The quantitative estimate of drug-likeness (QED) is 0.189. The topological polar surface area (TPSA) is 169 Å². The van der Waals surface area contributed by atoms with Crippen LogP contribution in [-0.4, -0.2) is 99.5 Å². The first kappa shape index (κ1) is 17.6. The average Bonchev–Trinajstić information content (AvgIpc) is 2.49. The summed E-state index contributed by atoms with van der Waals surface area (Å²) in [6.45, 7) is -1.62. The first-order valence-corrected chi connectivity index (χ1v) is 6.46. The van der Waals surface area contributed by atoms with Gasteiger partial charge >= 0.3 is 0 Å². The van der Waals surface area contributed by atoms with E-state index in [1.807, 2.05) is 0 Å². The molecule has 10 nitrogen and oxygen atoms in total. The van der Waals surface area contributed by atoms with Gasteiger partial charge in [-0.05, 0) is 0 Å². The minimum absolute atomic E-state index is 0.109. The Hall–Kier alpha value is -1.46. The van der Waals surface area contributed by atoms with Crippen LogP contribution < -0.4 is 10.6 Å². The van der Waals surface area contributed by atoms with Crippen molar-refractivity contribution in [1.29, 1.82) is 5.41 Å². The lowest BCUT2D eigenvalue weighted by molar-refractivity contribution is -0.187. The van der Waals surface area contributed by atoms with Crippen LogP contribution in [0.15, 0.2) is 0 Å². The van der Waals surface area contributed by atoms with Gasteiger partial charge in [0, 0.05) is 7.05 Å². The van der Waals surface area contributed by atoms with Crippen LogP contribution in [0.4, 0.5) is 0 Å². The zero-order chi connectivity index (χ0) is 16.2. The van der Waals surface area contributed by atoms with E-state index in [9.17, 15) is 30.3 Å². The maximum atomic E-state index is 12.2. The average molecular weight is 306 g/mol. The summed E-state index contributed by atoms with van der Waals surface area (Å²) in [5.74, 6) is -0.749. The van der Waals surface area contributed by atoms with Crippen molar-refractivity contribution in [2.24, 2.45) is 0 Å². The van der Waals surface area contributed by atoms with Gasteiger partial charge in [0.2, 0.25) is 5.91 Å². The number of rotatable bonds is 4. The van der Waals surface area contributed by atoms with Gasteiger partial charge in [0.1, 0.15) is 18.3 Å². The molecule has 1 fully saturated rings. The van der Waals surface area contributed by atoms with Crippen molar-refractivity contribution in [2.75, 3.05) is 26.8 Å². The number of amides is 1. The minimum atomic E-state index is -1.58. The minimum Gasteiger partial charge on any atom is -0.394 e. The molecular formula is C11H22N4O6. The summed E-state index contributed by atoms with van der Waals surface area (Å²) >= 11 is 0. The number of likely N-dealkylation sites (tertiary alicyclic amines) is 1. The fourth-order valence-electron chi connectivity index (χ4n) is 2.34. The molecule has 122 valence electrons. The predicted molar refractivity (Wildman–Crippen MR) is 71.4 cm³/mol. The Morgan fingerprint density at radius 3 is 1.95 bits per heavy atom. The summed E-state index contributed by atoms with van der Waals surface area (Å²) in [6, 6.07) is -2.31. The second kappa shape index (κ2) is 7.52. The number of aliphatic hydroxyl groups excluding tert-OH is 5. The van der Waals surface area contributed by atoms with Crippen LogP contribution in [0.3, 0.4) is 0 Å². The van der Waals surface area contributed by atoms with Crippen molar-refractivity contribution in [3.8, 4) is 0 Å². The Morgan fingerprint density at radius 1 is 1.10 bits per heavy atom. The maximum Gasteiger partial charge on any atom is 0.242 e. The number of aliphatic hydroxyl groups is 5. The molecule has 1 heterocycles. The normalized spacial score (nSPS) is 32.7. The molecule has 0 aromatic carbocycles. The highest BCUT2D eigenvalue weighted by Gasteiger charge is 2.48. The Morgan fingerprint density at radius 2 is 1.57 bits per heavy atom. The third-order valence-corrected chi connectivity index (χ3v) is 3.53. The summed E-state index contributed by atoms with van der Waals surface area (Å²) in [5.41, 5.74) is 0. The molecule has 5 atom stereocenters. The van der Waals surface area contributed by atoms with Gasteiger partial charge in [0.25, 0.3) is 0 Å². The highest BCUT2D eigenvalue weighted by Crippen LogP contribution is 2.24. The number of piperidine rings is 1. The van der Waals surface area contributed by atoms with Crippen molar-refractivity contribution >= 4 is 11.9 Å². The largest absolute Gasteiger partial charge is 0.394 e. The third-order valence-electron chi connectivity index (χ3n) is 3.53. The molecule has 8 N–H and O–H groups in total. The van der Waals surface area contributed by atoms with E-state index >= 15 is 0 Å². The van der Waals surface area contributed by atoms with Crippen LogP contribution in [0.2, 0.25) is 0 Å². The lowest BCUT2D eigenvalue weighted by atomic mass is 9.88. The molecule has 10 heteroatoms. The first-order chi connectivity index (χ1) is 9.88. The van der Waals surface area contributed by atoms with Crippen LogP contribution in [-0.2, 0) is 4.79 Å². The summed E-state index contributed by atoms with van der Waals surface area (Å²) < 4.78 is 0. The van der Waals surface area contributed by atoms with E-state index in [2.05, 4.69) is 10.6 Å². The zero-order valence-electron chi connectivity index (χ0n) is 11.6. The Labute approximate surface area is 121 Å². The monoisotopic (exact) mass is 306 g/mol. The van der Waals surface area contributed by atoms with Gasteiger partial charge < -0.3 is 41.1 Å². The number of nitrogens with zero attached hydrogens (tertiary/aromatic N) is 1. The lowest BCUT2D eigenvalue weighted by Crippen LogP contribution is -2.70. The summed E-state index contributed by atoms with van der Waals surface area (Å²) in [5, 5.41) is 60.2. The number of hydrogen-bond donors (Lipinski definition) is 8. The van der Waals surface area contributed by atoms with Gasteiger partial charge in [-0.1, -0.05) is 0 Å². The Bertz CT molecular complexity index is 364. The molecule has 0 unspecified atom stereocenters. The summed E-state index contributed by atoms with van der Waals surface area (Å²) in [4.78, 5) is 13.1. The van der Waals surface area contributed by atoms with Gasteiger partial charge in [0.15, 0.2) is 5.96 Å². The molecule has 21 heavy (non-hydrogen) atoms. The third kappa shape index (κ3) is 3.60. The van der Waals surface area contributed by atoms with E-state index < -0.39 is 49.5 Å². The van der Waals surface area contributed by atoms with E-state index in [1.165, 1.54) is 7.05 Å². The summed E-state index contributed by atoms with van der Waals surface area (Å²) in [7, 11) is 1.48. The molecule has 1 aliphatic rings. The second-order valence-corrected chi connectivity index (χ2v) is 4.75. The Balaban J connectivity index is 2.91. The van der Waals surface area contributed by atoms with Crippen LogP contribution >= 0.6 is 0 Å². The molecule has 1 aliphatic heterocycles. The molecule has 0 aromatic rings. The molecule has 0 aromatic heterocycles. The maximum absolute atomic E-state index is 12.2. The van der Waals surface area contributed by atoms with E-state index in [4.69, 9.17) is 5.41 Å². The van der Waals surface area contributed by atoms with Crippen molar-refractivity contribution in [1.82, 2.24) is 15.5 Å². The highest BCUT2D eigenvalue weighted by atomic mass is 16.4. The second-order valence-electron chi connectivity index (χ2n) is 4.75. The molecule has 1 rings (SSSR count). The molecule has 0 spiro atoms. The van der Waals surface area contributed by atoms with Crippen LogP contribution in [0.1, 0.15) is 0 Å². The number of hydrogen-bond acceptors (Lipinski definition) is 7. The van der Waals surface area contributed by atoms with Crippen LogP contribution in [0, 0.1) is 5.41 Å². The van der Waals surface area contributed by atoms with Crippen molar-refractivity contribution < 1.29 is 30.3 Å². The van der Waals surface area contributed by atoms with Crippen molar-refractivity contribution in [3.05, 3.63) is 0 Å². The number of nitrogens with one attached hydrogen (secondary N) is 3. The summed E-state index contributed by atoms with van der Waals surface area (Å²) in [6.07, 6.45) is -4.66. The van der Waals surface area contributed by atoms with Crippen LogP contribution in [0.25, 0.3) is 0 Å². The fourth-order valence-corrected chi connectivity index (χ4v) is 2.34.